The summed E-state index contributed by atoms with van der Waals surface area (Å²) in [4.78, 5) is 43.0. The van der Waals surface area contributed by atoms with Gasteiger partial charge in [0.05, 0.1) is 31.9 Å². The molecule has 224 valence electrons. The first-order chi connectivity index (χ1) is 20.0. The minimum absolute atomic E-state index is 0. The number of carbonyl (C=O) groups is 1. The fraction of sp³-hybridized carbons (Fsp3) is 0.400. The van der Waals surface area contributed by atoms with E-state index in [-0.39, 0.29) is 72.7 Å². The van der Waals surface area contributed by atoms with Crippen molar-refractivity contribution < 1.29 is 37.2 Å². The van der Waals surface area contributed by atoms with Gasteiger partial charge in [-0.1, -0.05) is 0 Å². The van der Waals surface area contributed by atoms with Crippen LogP contribution < -0.4 is 15.1 Å². The first-order valence-electron chi connectivity index (χ1n) is 13.1. The van der Waals surface area contributed by atoms with E-state index in [0.717, 1.165) is 53.8 Å². The van der Waals surface area contributed by atoms with Crippen molar-refractivity contribution in [3.8, 4) is 22.0 Å². The Morgan fingerprint density at radius 3 is 2.63 bits per heavy atom. The quantitative estimate of drug-likeness (QED) is 0.151. The zero-order valence-electron chi connectivity index (χ0n) is 23.2. The third-order valence-corrected chi connectivity index (χ3v) is 8.13. The summed E-state index contributed by atoms with van der Waals surface area (Å²) in [6.45, 7) is 3.90. The first kappa shape index (κ1) is 33.7. The number of nitrogens with one attached hydrogen (secondary N) is 1. The topological polar surface area (TPSA) is 172 Å². The molecule has 0 aromatic carbocycles. The monoisotopic (exact) mass is 661 g/mol. The van der Waals surface area contributed by atoms with Crippen molar-refractivity contribution in [3.63, 3.8) is 0 Å². The van der Waals surface area contributed by atoms with Gasteiger partial charge in [0.25, 0.3) is 5.91 Å². The molecule has 4 heterocycles. The van der Waals surface area contributed by atoms with Crippen LogP contribution in [0, 0.1) is 11.8 Å². The number of thiazole rings is 1. The predicted molar refractivity (Wildman–Crippen MR) is 149 cm³/mol. The van der Waals surface area contributed by atoms with Crippen LogP contribution in [0.4, 0.5) is 14.5 Å². The fourth-order valence-corrected chi connectivity index (χ4v) is 5.97. The smallest absolute Gasteiger partial charge is 0.790 e. The second kappa shape index (κ2) is 14.3. The number of phosphoric ester groups is 1. The van der Waals surface area contributed by atoms with E-state index in [1.807, 2.05) is 6.92 Å². The summed E-state index contributed by atoms with van der Waals surface area (Å²) in [7, 11) is -5.23. The number of pyridine rings is 1. The molecule has 13 nitrogen and oxygen atoms in total. The van der Waals surface area contributed by atoms with Gasteiger partial charge in [0, 0.05) is 29.9 Å². The molecule has 1 aliphatic rings. The Hall–Kier alpha value is -2.14. The van der Waals surface area contributed by atoms with Crippen LogP contribution in [0.25, 0.3) is 22.0 Å². The normalized spacial score (nSPS) is 17.8. The predicted octanol–water partition coefficient (Wildman–Crippen LogP) is 3.30. The second-order valence-electron chi connectivity index (χ2n) is 9.57. The summed E-state index contributed by atoms with van der Waals surface area (Å²) in [6.07, 6.45) is 6.50. The van der Waals surface area contributed by atoms with E-state index in [1.54, 1.807) is 10.9 Å². The average Bonchev–Trinajstić information content (AvgIpc) is 3.70. The van der Waals surface area contributed by atoms with Crippen LogP contribution in [0.5, 0.6) is 0 Å². The molecular formula is C25H26CaF2N7O6PS. The zero-order valence-corrected chi connectivity index (χ0v) is 27.1. The van der Waals surface area contributed by atoms with Gasteiger partial charge in [-0.3, -0.25) is 9.48 Å². The summed E-state index contributed by atoms with van der Waals surface area (Å²) in [5.41, 5.74) is 0.252. The number of rotatable bonds is 10. The Labute approximate surface area is 278 Å². The summed E-state index contributed by atoms with van der Waals surface area (Å²) < 4.78 is 52.5. The minimum Gasteiger partial charge on any atom is -0.790 e. The molecule has 1 saturated carbocycles. The number of carbonyl (C=O) groups excluding carboxylic acids is 1. The molecule has 0 saturated heterocycles. The van der Waals surface area contributed by atoms with Crippen molar-refractivity contribution in [3.05, 3.63) is 53.6 Å². The van der Waals surface area contributed by atoms with Crippen molar-refractivity contribution in [2.24, 2.45) is 0 Å². The van der Waals surface area contributed by atoms with Gasteiger partial charge in [0.15, 0.2) is 12.0 Å². The number of phosphoric acid groups is 1. The molecule has 0 aliphatic heterocycles. The molecule has 18 heteroatoms. The number of ether oxygens (including phenoxy) is 1. The van der Waals surface area contributed by atoms with Crippen molar-refractivity contribution in [1.29, 1.82) is 0 Å². The average molecular weight is 662 g/mol. The SMILES string of the molecule is CCO[C@H]1CC[C@H](n2cc(NC(=O)c3csc(-c4cnn(C(C)OP(=O)([O-])[O-])c4)n3)c(-c3nc(F)ccc3F)n2)CC1.[Ca+2]. The van der Waals surface area contributed by atoms with Crippen LogP contribution in [-0.2, 0) is 13.8 Å². The fourth-order valence-electron chi connectivity index (χ4n) is 4.72. The maximum absolute atomic E-state index is 14.7. The molecule has 0 spiro atoms. The molecule has 0 bridgehead atoms. The molecule has 4 aromatic heterocycles. The van der Waals surface area contributed by atoms with E-state index in [0.29, 0.717) is 17.2 Å². The van der Waals surface area contributed by atoms with Crippen LogP contribution in [0.15, 0.2) is 36.1 Å². The van der Waals surface area contributed by atoms with Gasteiger partial charge in [0.1, 0.15) is 22.1 Å². The Morgan fingerprint density at radius 2 is 1.93 bits per heavy atom. The Balaban J connectivity index is 0.00000423. The number of aromatic nitrogens is 6. The van der Waals surface area contributed by atoms with Gasteiger partial charge in [-0.15, -0.1) is 11.3 Å². The van der Waals surface area contributed by atoms with Gasteiger partial charge in [0.2, 0.25) is 5.95 Å². The third kappa shape index (κ3) is 8.32. The van der Waals surface area contributed by atoms with Crippen LogP contribution in [0.1, 0.15) is 62.3 Å². The Kier molecular flexibility index (Phi) is 11.2. The van der Waals surface area contributed by atoms with Gasteiger partial charge in [-0.2, -0.15) is 14.6 Å². The van der Waals surface area contributed by atoms with Crippen molar-refractivity contribution in [2.45, 2.75) is 57.9 Å². The second-order valence-corrected chi connectivity index (χ2v) is 11.5. The molecular weight excluding hydrogens is 635 g/mol. The van der Waals surface area contributed by atoms with Gasteiger partial charge < -0.3 is 28.9 Å². The zero-order chi connectivity index (χ0) is 30.0. The van der Waals surface area contributed by atoms with E-state index >= 15 is 0 Å². The summed E-state index contributed by atoms with van der Waals surface area (Å²) in [5.74, 6) is -2.32. The van der Waals surface area contributed by atoms with E-state index < -0.39 is 31.7 Å². The molecule has 1 amide bonds. The number of nitrogens with zero attached hydrogens (tertiary/aromatic N) is 6. The van der Waals surface area contributed by atoms with Gasteiger partial charge in [-0.25, -0.2) is 19.0 Å². The molecule has 43 heavy (non-hydrogen) atoms. The number of anilines is 1. The minimum atomic E-state index is -5.23. The number of hydrogen-bond acceptors (Lipinski definition) is 11. The van der Waals surface area contributed by atoms with E-state index in [4.69, 9.17) is 4.74 Å². The van der Waals surface area contributed by atoms with E-state index in [2.05, 4.69) is 30.0 Å². The summed E-state index contributed by atoms with van der Waals surface area (Å²) in [5, 5.41) is 13.1. The Bertz CT molecular complexity index is 1620. The van der Waals surface area contributed by atoms with Crippen LogP contribution in [-0.4, -0.2) is 85.9 Å². The molecule has 1 atom stereocenters. The molecule has 1 fully saturated rings. The number of hydrogen-bond donors (Lipinski definition) is 1. The van der Waals surface area contributed by atoms with Crippen molar-refractivity contribution in [1.82, 2.24) is 29.5 Å². The largest absolute Gasteiger partial charge is 2.00 e. The molecule has 4 aromatic rings. The van der Waals surface area contributed by atoms with Crippen molar-refractivity contribution in [2.75, 3.05) is 11.9 Å². The van der Waals surface area contributed by atoms with Crippen LogP contribution in [0.3, 0.4) is 0 Å². The Morgan fingerprint density at radius 1 is 1.19 bits per heavy atom. The summed E-state index contributed by atoms with van der Waals surface area (Å²) in [6, 6.07) is 1.81. The molecule has 1 unspecified atom stereocenters. The first-order valence-corrected chi connectivity index (χ1v) is 15.4. The molecule has 1 N–H and O–H groups in total. The number of halogens is 2. The third-order valence-electron chi connectivity index (χ3n) is 6.68. The van der Waals surface area contributed by atoms with Crippen LogP contribution >= 0.6 is 19.2 Å². The summed E-state index contributed by atoms with van der Waals surface area (Å²) >= 11 is 1.12. The van der Waals surface area contributed by atoms with Crippen LogP contribution in [0.2, 0.25) is 0 Å². The van der Waals surface area contributed by atoms with E-state index in [1.165, 1.54) is 24.7 Å². The van der Waals surface area contributed by atoms with Crippen molar-refractivity contribution >= 4 is 68.5 Å². The molecule has 5 rings (SSSR count). The standard InChI is InChI=1S/C25H28F2N7O6PS.Ca/c1-3-39-17-6-4-16(5-7-17)34-12-19(23(32-34)22-18(26)8-9-21(27)31-22)29-24(35)20-13-42-25(30-20)15-10-28-33(11-15)14(2)40-41(36,37)38;/h8-14,16-17H,3-7H2,1-2H3,(H,29,35)(H2,36,37,38);/q;+2/p-2/t14?,16-,17-;. The number of amides is 1. The molecule has 1 aliphatic carbocycles. The maximum Gasteiger partial charge on any atom is 2.00 e. The van der Waals surface area contributed by atoms with Gasteiger partial charge >= 0.3 is 37.7 Å². The van der Waals surface area contributed by atoms with E-state index in [9.17, 15) is 27.9 Å². The maximum atomic E-state index is 14.7. The van der Waals surface area contributed by atoms with Gasteiger partial charge in [-0.05, 0) is 51.7 Å². The molecule has 0 radical (unpaired) electrons.